The number of nitrogens with one attached hydrogen (secondary N) is 2. The van der Waals surface area contributed by atoms with Crippen molar-refractivity contribution < 1.29 is 19.5 Å². The Kier molecular flexibility index (Phi) is 7.84. The van der Waals surface area contributed by atoms with Crippen LogP contribution in [0.5, 0.6) is 0 Å². The van der Waals surface area contributed by atoms with Crippen molar-refractivity contribution in [3.8, 4) is 0 Å². The van der Waals surface area contributed by atoms with Crippen molar-refractivity contribution in [2.45, 2.75) is 50.6 Å². The predicted molar refractivity (Wildman–Crippen MR) is 92.6 cm³/mol. The van der Waals surface area contributed by atoms with Crippen LogP contribution in [0.4, 0.5) is 0 Å². The third-order valence-electron chi connectivity index (χ3n) is 4.52. The zero-order chi connectivity index (χ0) is 17.4. The highest BCUT2D eigenvalue weighted by atomic mass is 32.2. The van der Waals surface area contributed by atoms with Crippen LogP contribution in [0.15, 0.2) is 0 Å². The van der Waals surface area contributed by atoms with E-state index in [-0.39, 0.29) is 36.1 Å². The van der Waals surface area contributed by atoms with Gasteiger partial charge in [0.2, 0.25) is 17.7 Å². The number of likely N-dealkylation sites (tertiary alicyclic amines) is 1. The largest absolute Gasteiger partial charge is 0.394 e. The Labute approximate surface area is 146 Å². The molecule has 0 unspecified atom stereocenters. The number of thioether (sulfide) groups is 1. The zero-order valence-corrected chi connectivity index (χ0v) is 14.8. The number of aliphatic hydroxyl groups is 1. The number of hydrogen-bond acceptors (Lipinski definition) is 5. The van der Waals surface area contributed by atoms with Gasteiger partial charge in [-0.05, 0) is 19.3 Å². The number of aliphatic hydroxyl groups excluding tert-OH is 1. The summed E-state index contributed by atoms with van der Waals surface area (Å²) in [6.07, 6.45) is 5.61. The van der Waals surface area contributed by atoms with Crippen LogP contribution in [0.25, 0.3) is 0 Å². The van der Waals surface area contributed by atoms with Crippen molar-refractivity contribution in [1.29, 1.82) is 0 Å². The van der Waals surface area contributed by atoms with E-state index in [2.05, 4.69) is 10.6 Å². The highest BCUT2D eigenvalue weighted by Gasteiger charge is 2.29. The Bertz CT molecular complexity index is 455. The number of carbonyl (C=O) groups is 3. The Morgan fingerprint density at radius 1 is 1.17 bits per heavy atom. The minimum Gasteiger partial charge on any atom is -0.394 e. The lowest BCUT2D eigenvalue weighted by atomic mass is 10.2. The van der Waals surface area contributed by atoms with Crippen LogP contribution in [0.2, 0.25) is 0 Å². The molecule has 136 valence electrons. The van der Waals surface area contributed by atoms with Crippen molar-refractivity contribution in [3.05, 3.63) is 0 Å². The molecule has 0 aromatic heterocycles. The Morgan fingerprint density at radius 3 is 2.58 bits per heavy atom. The van der Waals surface area contributed by atoms with E-state index in [0.29, 0.717) is 37.7 Å². The smallest absolute Gasteiger partial charge is 0.230 e. The zero-order valence-electron chi connectivity index (χ0n) is 14.0. The molecule has 0 spiro atoms. The summed E-state index contributed by atoms with van der Waals surface area (Å²) in [7, 11) is 0. The Morgan fingerprint density at radius 2 is 1.88 bits per heavy atom. The molecule has 0 radical (unpaired) electrons. The molecule has 0 aromatic rings. The van der Waals surface area contributed by atoms with E-state index < -0.39 is 0 Å². The van der Waals surface area contributed by atoms with Gasteiger partial charge < -0.3 is 20.6 Å². The molecule has 2 fully saturated rings. The van der Waals surface area contributed by atoms with Crippen LogP contribution in [0, 0.1) is 0 Å². The fraction of sp³-hybridized carbons (Fsp3) is 0.812. The van der Waals surface area contributed by atoms with Gasteiger partial charge >= 0.3 is 0 Å². The molecule has 1 saturated carbocycles. The molecule has 1 heterocycles. The Balaban J connectivity index is 1.53. The van der Waals surface area contributed by atoms with Crippen LogP contribution in [0.1, 0.15) is 38.5 Å². The van der Waals surface area contributed by atoms with E-state index in [1.165, 1.54) is 24.6 Å². The lowest BCUT2D eigenvalue weighted by Crippen LogP contribution is -2.41. The van der Waals surface area contributed by atoms with E-state index in [9.17, 15) is 19.5 Å². The molecule has 3 N–H and O–H groups in total. The van der Waals surface area contributed by atoms with Gasteiger partial charge in [0, 0.05) is 25.6 Å². The Hall–Kier alpha value is -1.28. The number of amides is 3. The summed E-state index contributed by atoms with van der Waals surface area (Å²) in [6, 6.07) is 0.187. The van der Waals surface area contributed by atoms with Crippen LogP contribution >= 0.6 is 11.8 Å². The topological polar surface area (TPSA) is 98.7 Å². The number of carbonyl (C=O) groups excluding carboxylic acids is 3. The molecule has 0 aromatic carbocycles. The molecule has 2 rings (SSSR count). The standard InChI is InChI=1S/C16H27N3O4S/c20-9-13-5-6-16(23)19(13)8-7-17-14(21)10-24-11-15(22)18-12-3-1-2-4-12/h12-13,20H,1-11H2,(H,17,21)(H,18,22)/t13-/m0/s1. The summed E-state index contributed by atoms with van der Waals surface area (Å²) in [5, 5.41) is 15.0. The normalized spacial score (nSPS) is 21.3. The summed E-state index contributed by atoms with van der Waals surface area (Å²) in [6.45, 7) is 0.754. The van der Waals surface area contributed by atoms with Crippen LogP contribution in [-0.2, 0) is 14.4 Å². The molecule has 2 aliphatic rings. The summed E-state index contributed by atoms with van der Waals surface area (Å²) >= 11 is 1.30. The summed E-state index contributed by atoms with van der Waals surface area (Å²) in [5.41, 5.74) is 0. The van der Waals surface area contributed by atoms with Gasteiger partial charge in [-0.25, -0.2) is 0 Å². The second-order valence-corrected chi connectivity index (χ2v) is 7.34. The second kappa shape index (κ2) is 9.88. The highest BCUT2D eigenvalue weighted by Crippen LogP contribution is 2.18. The van der Waals surface area contributed by atoms with E-state index in [1.807, 2.05) is 0 Å². The van der Waals surface area contributed by atoms with Gasteiger partial charge in [-0.3, -0.25) is 14.4 Å². The third kappa shape index (κ3) is 5.98. The van der Waals surface area contributed by atoms with E-state index in [4.69, 9.17) is 0 Å². The molecule has 1 saturated heterocycles. The van der Waals surface area contributed by atoms with Gasteiger partial charge in [0.15, 0.2) is 0 Å². The minimum atomic E-state index is -0.138. The summed E-state index contributed by atoms with van der Waals surface area (Å²) in [4.78, 5) is 36.8. The quantitative estimate of drug-likeness (QED) is 0.534. The maximum absolute atomic E-state index is 11.8. The second-order valence-electron chi connectivity index (χ2n) is 6.35. The summed E-state index contributed by atoms with van der Waals surface area (Å²) < 4.78 is 0. The fourth-order valence-corrected chi connectivity index (χ4v) is 3.89. The van der Waals surface area contributed by atoms with Crippen molar-refractivity contribution in [2.75, 3.05) is 31.2 Å². The molecule has 24 heavy (non-hydrogen) atoms. The first-order chi connectivity index (χ1) is 11.6. The predicted octanol–water partition coefficient (Wildman–Crippen LogP) is -0.122. The van der Waals surface area contributed by atoms with Crippen molar-refractivity contribution in [2.24, 2.45) is 0 Å². The van der Waals surface area contributed by atoms with Gasteiger partial charge in [-0.2, -0.15) is 0 Å². The molecule has 7 nitrogen and oxygen atoms in total. The minimum absolute atomic E-state index is 0.00634. The molecule has 1 atom stereocenters. The highest BCUT2D eigenvalue weighted by molar-refractivity contribution is 8.00. The van der Waals surface area contributed by atoms with Gasteiger partial charge in [-0.15, -0.1) is 11.8 Å². The average Bonchev–Trinajstić information content (AvgIpc) is 3.17. The first-order valence-electron chi connectivity index (χ1n) is 8.64. The monoisotopic (exact) mass is 357 g/mol. The van der Waals surface area contributed by atoms with Gasteiger partial charge in [-0.1, -0.05) is 12.8 Å². The molecular weight excluding hydrogens is 330 g/mol. The summed E-state index contributed by atoms with van der Waals surface area (Å²) in [5.74, 6) is 0.409. The lowest BCUT2D eigenvalue weighted by molar-refractivity contribution is -0.130. The first-order valence-corrected chi connectivity index (χ1v) is 9.79. The molecular formula is C16H27N3O4S. The van der Waals surface area contributed by atoms with Crippen molar-refractivity contribution in [3.63, 3.8) is 0 Å². The van der Waals surface area contributed by atoms with E-state index in [0.717, 1.165) is 12.8 Å². The van der Waals surface area contributed by atoms with E-state index in [1.54, 1.807) is 4.90 Å². The molecule has 8 heteroatoms. The number of nitrogens with zero attached hydrogens (tertiary/aromatic N) is 1. The average molecular weight is 357 g/mol. The maximum atomic E-state index is 11.8. The lowest BCUT2D eigenvalue weighted by Gasteiger charge is -2.23. The fourth-order valence-electron chi connectivity index (χ4n) is 3.23. The van der Waals surface area contributed by atoms with Crippen LogP contribution in [0.3, 0.4) is 0 Å². The third-order valence-corrected chi connectivity index (χ3v) is 5.46. The van der Waals surface area contributed by atoms with Gasteiger partial charge in [0.05, 0.1) is 24.2 Å². The van der Waals surface area contributed by atoms with Crippen molar-refractivity contribution in [1.82, 2.24) is 15.5 Å². The maximum Gasteiger partial charge on any atom is 0.230 e. The number of hydrogen-bond donors (Lipinski definition) is 3. The van der Waals surface area contributed by atoms with Gasteiger partial charge in [0.25, 0.3) is 0 Å². The molecule has 1 aliphatic carbocycles. The molecule has 3 amide bonds. The van der Waals surface area contributed by atoms with E-state index >= 15 is 0 Å². The molecule has 0 bridgehead atoms. The SMILES string of the molecule is O=C(CSCC(=O)NC1CCCC1)NCCN1C(=O)CC[C@H]1CO. The van der Waals surface area contributed by atoms with Crippen molar-refractivity contribution >= 4 is 29.5 Å². The van der Waals surface area contributed by atoms with Crippen LogP contribution in [-0.4, -0.2) is 71.0 Å². The molecule has 1 aliphatic heterocycles. The van der Waals surface area contributed by atoms with Gasteiger partial charge in [0.1, 0.15) is 0 Å². The number of rotatable bonds is 9. The van der Waals surface area contributed by atoms with Crippen LogP contribution < -0.4 is 10.6 Å². The first kappa shape index (κ1) is 19.1.